The van der Waals surface area contributed by atoms with Crippen LogP contribution < -0.4 is 4.90 Å². The summed E-state index contributed by atoms with van der Waals surface area (Å²) in [4.78, 5) is 1.88. The summed E-state index contributed by atoms with van der Waals surface area (Å²) in [5, 5.41) is 12.9. The zero-order valence-electron chi connectivity index (χ0n) is 12.4. The Hall–Kier alpha value is -2.49. The molecule has 0 radical (unpaired) electrons. The standard InChI is InChI=1S/C16H14F3N3O/c1-10-7-14(21-23-10)15-3-2-6-22(15)12-5-4-11(9-20)13(8-12)16(17,18)19/h4-5,7-8,15H,2-3,6H2,1H3. The fourth-order valence-corrected chi connectivity index (χ4v) is 2.97. The van der Waals surface area contributed by atoms with Gasteiger partial charge in [-0.15, -0.1) is 0 Å². The Kier molecular flexibility index (Phi) is 3.76. The molecule has 1 unspecified atom stereocenters. The van der Waals surface area contributed by atoms with E-state index in [9.17, 15) is 13.2 Å². The number of rotatable bonds is 2. The van der Waals surface area contributed by atoms with Crippen molar-refractivity contribution >= 4 is 5.69 Å². The Morgan fingerprint density at radius 1 is 1.35 bits per heavy atom. The molecular formula is C16H14F3N3O. The number of halogens is 3. The van der Waals surface area contributed by atoms with E-state index in [2.05, 4.69) is 5.16 Å². The number of nitrogens with zero attached hydrogens (tertiary/aromatic N) is 3. The molecule has 0 saturated carbocycles. The minimum absolute atomic E-state index is 0.110. The van der Waals surface area contributed by atoms with E-state index in [1.165, 1.54) is 6.07 Å². The van der Waals surface area contributed by atoms with Crippen LogP contribution in [0.5, 0.6) is 0 Å². The number of aromatic nitrogens is 1. The van der Waals surface area contributed by atoms with Gasteiger partial charge in [0.05, 0.1) is 23.2 Å². The normalized spacial score (nSPS) is 18.2. The van der Waals surface area contributed by atoms with Gasteiger partial charge in [-0.25, -0.2) is 0 Å². The van der Waals surface area contributed by atoms with Gasteiger partial charge in [0.15, 0.2) is 0 Å². The van der Waals surface area contributed by atoms with Crippen LogP contribution in [0.2, 0.25) is 0 Å². The highest BCUT2D eigenvalue weighted by Crippen LogP contribution is 2.39. The van der Waals surface area contributed by atoms with E-state index >= 15 is 0 Å². The molecule has 1 fully saturated rings. The first kappa shape index (κ1) is 15.4. The zero-order chi connectivity index (χ0) is 16.6. The van der Waals surface area contributed by atoms with Crippen LogP contribution in [0.3, 0.4) is 0 Å². The van der Waals surface area contributed by atoms with E-state index in [0.717, 1.165) is 24.6 Å². The summed E-state index contributed by atoms with van der Waals surface area (Å²) in [6, 6.07) is 7.12. The lowest BCUT2D eigenvalue weighted by molar-refractivity contribution is -0.137. The quantitative estimate of drug-likeness (QED) is 0.831. The highest BCUT2D eigenvalue weighted by atomic mass is 19.4. The molecule has 0 aliphatic carbocycles. The summed E-state index contributed by atoms with van der Waals surface area (Å²) in [5.74, 6) is 0.669. The maximum Gasteiger partial charge on any atom is 0.417 e. The van der Waals surface area contributed by atoms with Gasteiger partial charge in [-0.05, 0) is 38.0 Å². The molecule has 120 valence electrons. The molecule has 2 aromatic rings. The monoisotopic (exact) mass is 321 g/mol. The van der Waals surface area contributed by atoms with Crippen molar-refractivity contribution in [2.75, 3.05) is 11.4 Å². The van der Waals surface area contributed by atoms with Gasteiger partial charge in [0.25, 0.3) is 0 Å². The summed E-state index contributed by atoms with van der Waals surface area (Å²) >= 11 is 0. The smallest absolute Gasteiger partial charge is 0.363 e. The lowest BCUT2D eigenvalue weighted by Crippen LogP contribution is -2.23. The van der Waals surface area contributed by atoms with Crippen LogP contribution in [-0.4, -0.2) is 11.7 Å². The van der Waals surface area contributed by atoms with E-state index in [1.54, 1.807) is 25.1 Å². The SMILES string of the molecule is Cc1cc(C2CCCN2c2ccc(C#N)c(C(F)(F)F)c2)no1. The molecule has 7 heteroatoms. The maximum absolute atomic E-state index is 13.1. The highest BCUT2D eigenvalue weighted by Gasteiger charge is 2.36. The van der Waals surface area contributed by atoms with Crippen LogP contribution in [0.15, 0.2) is 28.8 Å². The first-order chi connectivity index (χ1) is 10.9. The van der Waals surface area contributed by atoms with Gasteiger partial charge in [0.2, 0.25) is 0 Å². The summed E-state index contributed by atoms with van der Waals surface area (Å²) in [6.45, 7) is 2.42. The topological polar surface area (TPSA) is 53.1 Å². The van der Waals surface area contributed by atoms with E-state index in [4.69, 9.17) is 9.78 Å². The molecule has 0 bridgehead atoms. The molecule has 1 saturated heterocycles. The van der Waals surface area contributed by atoms with Gasteiger partial charge in [-0.1, -0.05) is 5.16 Å². The molecular weight excluding hydrogens is 307 g/mol. The summed E-state index contributed by atoms with van der Waals surface area (Å²) in [6.07, 6.45) is -2.90. The van der Waals surface area contributed by atoms with Gasteiger partial charge < -0.3 is 9.42 Å². The van der Waals surface area contributed by atoms with Gasteiger partial charge in [0.1, 0.15) is 11.5 Å². The number of anilines is 1. The van der Waals surface area contributed by atoms with Crippen LogP contribution in [-0.2, 0) is 6.18 Å². The van der Waals surface area contributed by atoms with Gasteiger partial charge in [-0.2, -0.15) is 18.4 Å². The summed E-state index contributed by atoms with van der Waals surface area (Å²) in [7, 11) is 0. The van der Waals surface area contributed by atoms with Crippen molar-refractivity contribution in [2.45, 2.75) is 32.0 Å². The molecule has 1 atom stereocenters. The fourth-order valence-electron chi connectivity index (χ4n) is 2.97. The number of benzene rings is 1. The van der Waals surface area contributed by atoms with Crippen LogP contribution >= 0.6 is 0 Å². The molecule has 0 amide bonds. The summed E-state index contributed by atoms with van der Waals surface area (Å²) in [5.41, 5.74) is -0.105. The van der Waals surface area contributed by atoms with Gasteiger partial charge in [-0.3, -0.25) is 0 Å². The molecule has 1 aromatic carbocycles. The second kappa shape index (κ2) is 5.61. The molecule has 23 heavy (non-hydrogen) atoms. The molecule has 2 heterocycles. The molecule has 0 spiro atoms. The highest BCUT2D eigenvalue weighted by molar-refractivity contribution is 5.56. The van der Waals surface area contributed by atoms with Crippen LogP contribution in [0.1, 0.15) is 41.5 Å². The maximum atomic E-state index is 13.1. The average Bonchev–Trinajstić information content (AvgIpc) is 3.14. The van der Waals surface area contributed by atoms with Crippen molar-refractivity contribution < 1.29 is 17.7 Å². The van der Waals surface area contributed by atoms with E-state index < -0.39 is 11.7 Å². The second-order valence-corrected chi connectivity index (χ2v) is 5.55. The van der Waals surface area contributed by atoms with E-state index in [1.807, 2.05) is 4.90 Å². The lowest BCUT2D eigenvalue weighted by Gasteiger charge is -2.26. The van der Waals surface area contributed by atoms with Crippen LogP contribution in [0.25, 0.3) is 0 Å². The zero-order valence-corrected chi connectivity index (χ0v) is 12.4. The Labute approximate surface area is 131 Å². The first-order valence-corrected chi connectivity index (χ1v) is 7.21. The lowest BCUT2D eigenvalue weighted by atomic mass is 10.1. The predicted molar refractivity (Wildman–Crippen MR) is 76.7 cm³/mol. The average molecular weight is 321 g/mol. The summed E-state index contributed by atoms with van der Waals surface area (Å²) < 4.78 is 44.5. The Bertz CT molecular complexity index is 761. The minimum Gasteiger partial charge on any atom is -0.363 e. The van der Waals surface area contributed by atoms with Crippen LogP contribution in [0, 0.1) is 18.3 Å². The molecule has 0 N–H and O–H groups in total. The van der Waals surface area contributed by atoms with Gasteiger partial charge >= 0.3 is 6.18 Å². The van der Waals surface area contributed by atoms with E-state index in [-0.39, 0.29) is 11.6 Å². The predicted octanol–water partition coefficient (Wildman–Crippen LogP) is 4.22. The molecule has 3 rings (SSSR count). The van der Waals surface area contributed by atoms with Crippen molar-refractivity contribution in [3.05, 3.63) is 46.8 Å². The number of nitriles is 1. The molecule has 1 aliphatic rings. The number of alkyl halides is 3. The van der Waals surface area contributed by atoms with E-state index in [0.29, 0.717) is 18.0 Å². The first-order valence-electron chi connectivity index (χ1n) is 7.21. The van der Waals surface area contributed by atoms with Crippen molar-refractivity contribution in [2.24, 2.45) is 0 Å². The van der Waals surface area contributed by atoms with Crippen LogP contribution in [0.4, 0.5) is 18.9 Å². The Balaban J connectivity index is 1.99. The molecule has 1 aliphatic heterocycles. The molecule has 1 aromatic heterocycles. The number of hydrogen-bond donors (Lipinski definition) is 0. The Morgan fingerprint density at radius 2 is 2.13 bits per heavy atom. The third-order valence-electron chi connectivity index (χ3n) is 4.00. The number of hydrogen-bond acceptors (Lipinski definition) is 4. The van der Waals surface area contributed by atoms with Gasteiger partial charge in [0, 0.05) is 18.3 Å². The number of aryl methyl sites for hydroxylation is 1. The minimum atomic E-state index is -4.55. The third kappa shape index (κ3) is 2.89. The fraction of sp³-hybridized carbons (Fsp3) is 0.375. The van der Waals surface area contributed by atoms with Crippen molar-refractivity contribution in [3.63, 3.8) is 0 Å². The van der Waals surface area contributed by atoms with Crippen molar-refractivity contribution in [1.82, 2.24) is 5.16 Å². The third-order valence-corrected chi connectivity index (χ3v) is 4.00. The van der Waals surface area contributed by atoms with Crippen molar-refractivity contribution in [3.8, 4) is 6.07 Å². The second-order valence-electron chi connectivity index (χ2n) is 5.55. The largest absolute Gasteiger partial charge is 0.417 e. The Morgan fingerprint density at radius 3 is 2.74 bits per heavy atom. The molecule has 4 nitrogen and oxygen atoms in total. The van der Waals surface area contributed by atoms with Crippen molar-refractivity contribution in [1.29, 1.82) is 5.26 Å².